The van der Waals surface area contributed by atoms with Crippen LogP contribution in [0.1, 0.15) is 16.1 Å². The number of rotatable bonds is 4. The van der Waals surface area contributed by atoms with Crippen LogP contribution in [0.5, 0.6) is 0 Å². The second-order valence-electron chi connectivity index (χ2n) is 4.29. The minimum Gasteiger partial charge on any atom is -0.272 e. The van der Waals surface area contributed by atoms with Crippen LogP contribution in [0.25, 0.3) is 0 Å². The Morgan fingerprint density at radius 1 is 1.21 bits per heavy atom. The predicted molar refractivity (Wildman–Crippen MR) is 76.3 cm³/mol. The molecule has 2 aromatic rings. The van der Waals surface area contributed by atoms with E-state index in [2.05, 4.69) is 9.97 Å². The number of alkyl halides is 3. The number of nitrogens with one attached hydrogen (secondary N) is 2. The Balaban J connectivity index is 2.27. The first-order chi connectivity index (χ1) is 11.1. The number of hydrogen-bond acceptors (Lipinski definition) is 5. The van der Waals surface area contributed by atoms with Gasteiger partial charge < -0.3 is 0 Å². The summed E-state index contributed by atoms with van der Waals surface area (Å²) in [6.45, 7) is 0. The van der Waals surface area contributed by atoms with Gasteiger partial charge in [-0.3, -0.25) is 15.2 Å². The van der Waals surface area contributed by atoms with Crippen molar-refractivity contribution in [3.05, 3.63) is 53.1 Å². The van der Waals surface area contributed by atoms with Crippen molar-refractivity contribution in [1.82, 2.24) is 20.2 Å². The van der Waals surface area contributed by atoms with Gasteiger partial charge in [-0.15, -0.1) is 4.83 Å². The molecule has 0 spiro atoms. The van der Waals surface area contributed by atoms with Gasteiger partial charge in [-0.1, -0.05) is 11.6 Å². The van der Waals surface area contributed by atoms with Gasteiger partial charge in [0.2, 0.25) is 0 Å². The molecule has 1 heterocycles. The van der Waals surface area contributed by atoms with E-state index in [0.29, 0.717) is 12.1 Å². The maximum absolute atomic E-state index is 13.0. The minimum atomic E-state index is -4.95. The third-order valence-corrected chi connectivity index (χ3v) is 4.17. The van der Waals surface area contributed by atoms with E-state index in [1.807, 2.05) is 0 Å². The van der Waals surface area contributed by atoms with Crippen LogP contribution in [0.2, 0.25) is 5.02 Å². The SMILES string of the molecule is O=C(NNS(=O)(=O)c1ccc(Cl)cc1C(F)(F)F)c1cnccn1. The van der Waals surface area contributed by atoms with Crippen molar-refractivity contribution >= 4 is 27.5 Å². The Hall–Kier alpha value is -2.24. The molecule has 1 aromatic heterocycles. The molecule has 2 rings (SSSR count). The van der Waals surface area contributed by atoms with Crippen LogP contribution in [-0.2, 0) is 16.2 Å². The molecule has 1 amide bonds. The molecule has 0 fully saturated rings. The van der Waals surface area contributed by atoms with Crippen LogP contribution in [0.15, 0.2) is 41.7 Å². The highest BCUT2D eigenvalue weighted by molar-refractivity contribution is 7.89. The zero-order chi connectivity index (χ0) is 18.0. The van der Waals surface area contributed by atoms with Gasteiger partial charge in [-0.25, -0.2) is 13.4 Å². The lowest BCUT2D eigenvalue weighted by molar-refractivity contribution is -0.139. The number of aromatic nitrogens is 2. The van der Waals surface area contributed by atoms with Crippen molar-refractivity contribution in [3.8, 4) is 0 Å². The Bertz CT molecular complexity index is 860. The van der Waals surface area contributed by atoms with Crippen LogP contribution < -0.4 is 10.3 Å². The zero-order valence-electron chi connectivity index (χ0n) is 11.5. The monoisotopic (exact) mass is 380 g/mol. The summed E-state index contributed by atoms with van der Waals surface area (Å²) in [6, 6.07) is 2.14. The van der Waals surface area contributed by atoms with Crippen molar-refractivity contribution in [2.24, 2.45) is 0 Å². The summed E-state index contributed by atoms with van der Waals surface area (Å²) < 4.78 is 63.0. The average Bonchev–Trinajstić information content (AvgIpc) is 2.52. The van der Waals surface area contributed by atoms with E-state index in [1.54, 1.807) is 10.3 Å². The number of sulfonamides is 1. The maximum atomic E-state index is 13.0. The standard InChI is InChI=1S/C12H8ClF3N4O3S/c13-7-1-2-10(8(5-7)12(14,15)16)24(22,23)20-19-11(21)9-6-17-3-4-18-9/h1-6,20H,(H,19,21). The number of nitrogens with zero attached hydrogens (tertiary/aromatic N) is 2. The smallest absolute Gasteiger partial charge is 0.272 e. The number of carbonyl (C=O) groups is 1. The number of hydrogen-bond donors (Lipinski definition) is 2. The summed E-state index contributed by atoms with van der Waals surface area (Å²) in [5, 5.41) is -0.287. The minimum absolute atomic E-state index is 0.229. The van der Waals surface area contributed by atoms with Crippen molar-refractivity contribution in [2.75, 3.05) is 0 Å². The normalized spacial score (nSPS) is 12.0. The first-order valence-corrected chi connectivity index (χ1v) is 7.92. The number of amides is 1. The van der Waals surface area contributed by atoms with Crippen molar-refractivity contribution < 1.29 is 26.4 Å². The molecule has 0 aliphatic heterocycles. The molecule has 0 atom stereocenters. The van der Waals surface area contributed by atoms with Gasteiger partial charge in [0.1, 0.15) is 5.69 Å². The molecule has 0 saturated heterocycles. The summed E-state index contributed by atoms with van der Waals surface area (Å²) in [7, 11) is -4.70. The zero-order valence-corrected chi connectivity index (χ0v) is 13.1. The van der Waals surface area contributed by atoms with E-state index in [0.717, 1.165) is 12.3 Å². The summed E-state index contributed by atoms with van der Waals surface area (Å²) in [6.07, 6.45) is -1.44. The first-order valence-electron chi connectivity index (χ1n) is 6.06. The quantitative estimate of drug-likeness (QED) is 0.787. The highest BCUT2D eigenvalue weighted by atomic mass is 35.5. The average molecular weight is 381 g/mol. The molecular formula is C12H8ClF3N4O3S. The maximum Gasteiger partial charge on any atom is 0.417 e. The lowest BCUT2D eigenvalue weighted by atomic mass is 10.2. The van der Waals surface area contributed by atoms with Crippen molar-refractivity contribution in [2.45, 2.75) is 11.1 Å². The first kappa shape index (κ1) is 18.1. The van der Waals surface area contributed by atoms with Crippen LogP contribution in [0.4, 0.5) is 13.2 Å². The van der Waals surface area contributed by atoms with Crippen LogP contribution in [0.3, 0.4) is 0 Å². The molecule has 1 aromatic carbocycles. The molecule has 12 heteroatoms. The molecule has 2 N–H and O–H groups in total. The fourth-order valence-electron chi connectivity index (χ4n) is 1.61. The third kappa shape index (κ3) is 4.19. The van der Waals surface area contributed by atoms with E-state index >= 15 is 0 Å². The van der Waals surface area contributed by atoms with Gasteiger partial charge in [0.05, 0.1) is 16.7 Å². The van der Waals surface area contributed by atoms with E-state index in [4.69, 9.17) is 11.6 Å². The molecule has 7 nitrogen and oxygen atoms in total. The van der Waals surface area contributed by atoms with Gasteiger partial charge in [-0.2, -0.15) is 13.2 Å². The van der Waals surface area contributed by atoms with Gasteiger partial charge in [0.25, 0.3) is 15.9 Å². The topological polar surface area (TPSA) is 101 Å². The van der Waals surface area contributed by atoms with Crippen molar-refractivity contribution in [1.29, 1.82) is 0 Å². The van der Waals surface area contributed by atoms with E-state index < -0.39 is 32.6 Å². The number of halogens is 4. The van der Waals surface area contributed by atoms with Gasteiger partial charge in [-0.05, 0) is 18.2 Å². The lowest BCUT2D eigenvalue weighted by Gasteiger charge is -2.14. The second kappa shape index (κ2) is 6.71. The Morgan fingerprint density at radius 3 is 2.50 bits per heavy atom. The largest absolute Gasteiger partial charge is 0.417 e. The lowest BCUT2D eigenvalue weighted by Crippen LogP contribution is -2.42. The predicted octanol–water partition coefficient (Wildman–Crippen LogP) is 1.77. The summed E-state index contributed by atoms with van der Waals surface area (Å²) in [5.74, 6) is -0.991. The summed E-state index contributed by atoms with van der Waals surface area (Å²) in [4.78, 5) is 19.4. The van der Waals surface area contributed by atoms with E-state index in [-0.39, 0.29) is 10.7 Å². The summed E-state index contributed by atoms with van der Waals surface area (Å²) >= 11 is 5.48. The van der Waals surface area contributed by atoms with Crippen LogP contribution >= 0.6 is 11.6 Å². The van der Waals surface area contributed by atoms with Crippen LogP contribution in [0, 0.1) is 0 Å². The highest BCUT2D eigenvalue weighted by Gasteiger charge is 2.37. The molecule has 0 aliphatic carbocycles. The van der Waals surface area contributed by atoms with Crippen LogP contribution in [-0.4, -0.2) is 24.3 Å². The Kier molecular flexibility index (Phi) is 5.06. The molecule has 0 saturated carbocycles. The van der Waals surface area contributed by atoms with Crippen molar-refractivity contribution in [3.63, 3.8) is 0 Å². The summed E-state index contributed by atoms with van der Waals surface area (Å²) in [5.41, 5.74) is 0.0601. The molecule has 128 valence electrons. The van der Waals surface area contributed by atoms with E-state index in [9.17, 15) is 26.4 Å². The van der Waals surface area contributed by atoms with Gasteiger partial charge in [0, 0.05) is 17.4 Å². The van der Waals surface area contributed by atoms with Gasteiger partial charge in [0.15, 0.2) is 0 Å². The highest BCUT2D eigenvalue weighted by Crippen LogP contribution is 2.35. The Morgan fingerprint density at radius 2 is 1.92 bits per heavy atom. The molecule has 0 aliphatic rings. The fourth-order valence-corrected chi connectivity index (χ4v) is 2.83. The van der Waals surface area contributed by atoms with Gasteiger partial charge >= 0.3 is 6.18 Å². The molecule has 0 radical (unpaired) electrons. The van der Waals surface area contributed by atoms with E-state index in [1.165, 1.54) is 12.4 Å². The second-order valence-corrected chi connectivity index (χ2v) is 6.38. The number of benzene rings is 1. The number of hydrazine groups is 1. The molecule has 0 bridgehead atoms. The Labute approximate surface area is 138 Å². The molecule has 24 heavy (non-hydrogen) atoms. The number of carbonyl (C=O) groups excluding carboxylic acids is 1. The third-order valence-electron chi connectivity index (χ3n) is 2.63. The fraction of sp³-hybridized carbons (Fsp3) is 0.0833. The molecule has 0 unspecified atom stereocenters. The molecular weight excluding hydrogens is 373 g/mol.